The number of nitrogens with zero attached hydrogens (tertiary/aromatic N) is 1. The van der Waals surface area contributed by atoms with Crippen molar-refractivity contribution in [3.63, 3.8) is 0 Å². The van der Waals surface area contributed by atoms with E-state index in [4.69, 9.17) is 9.94 Å². The standard InChI is InChI=1S/C26H25N3O5/c1-17-6-8-18(9-7-17)24(30)27-21-15-19(22-4-2-3-5-23(22)25(31)28-33)14-20(16-21)26(32)29-10-12-34-13-11-29/h2-9,14-16,33H,10-13H2,1H3,(H,27,30)(H,28,31). The molecule has 3 aromatic carbocycles. The van der Waals surface area contributed by atoms with Crippen LogP contribution in [-0.4, -0.2) is 54.1 Å². The van der Waals surface area contributed by atoms with Gasteiger partial charge in [-0.1, -0.05) is 35.9 Å². The van der Waals surface area contributed by atoms with Crippen molar-refractivity contribution in [1.29, 1.82) is 0 Å². The maximum Gasteiger partial charge on any atom is 0.275 e. The van der Waals surface area contributed by atoms with Crippen LogP contribution in [0.3, 0.4) is 0 Å². The van der Waals surface area contributed by atoms with Gasteiger partial charge in [0.15, 0.2) is 0 Å². The lowest BCUT2D eigenvalue weighted by Crippen LogP contribution is -2.40. The molecule has 0 aromatic heterocycles. The van der Waals surface area contributed by atoms with Crippen LogP contribution in [0.5, 0.6) is 0 Å². The van der Waals surface area contributed by atoms with Crippen molar-refractivity contribution < 1.29 is 24.3 Å². The number of hydroxylamine groups is 1. The molecule has 1 saturated heterocycles. The van der Waals surface area contributed by atoms with Gasteiger partial charge in [-0.25, -0.2) is 5.48 Å². The average molecular weight is 460 g/mol. The third kappa shape index (κ3) is 5.14. The first kappa shape index (κ1) is 23.2. The van der Waals surface area contributed by atoms with Gasteiger partial charge in [-0.2, -0.15) is 0 Å². The fraction of sp³-hybridized carbons (Fsp3) is 0.192. The first-order chi connectivity index (χ1) is 16.5. The van der Waals surface area contributed by atoms with Gasteiger partial charge in [0.2, 0.25) is 0 Å². The molecule has 1 aliphatic heterocycles. The molecule has 1 fully saturated rings. The van der Waals surface area contributed by atoms with Gasteiger partial charge in [0, 0.05) is 35.5 Å². The lowest BCUT2D eigenvalue weighted by Gasteiger charge is -2.27. The van der Waals surface area contributed by atoms with Crippen molar-refractivity contribution in [2.24, 2.45) is 0 Å². The summed E-state index contributed by atoms with van der Waals surface area (Å²) >= 11 is 0. The first-order valence-corrected chi connectivity index (χ1v) is 10.9. The van der Waals surface area contributed by atoms with Gasteiger partial charge in [-0.05, 0) is 54.4 Å². The first-order valence-electron chi connectivity index (χ1n) is 10.9. The fourth-order valence-electron chi connectivity index (χ4n) is 3.83. The molecule has 0 saturated carbocycles. The van der Waals surface area contributed by atoms with Gasteiger partial charge in [0.25, 0.3) is 17.7 Å². The largest absolute Gasteiger partial charge is 0.378 e. The fourth-order valence-corrected chi connectivity index (χ4v) is 3.83. The number of amides is 3. The van der Waals surface area contributed by atoms with E-state index in [1.54, 1.807) is 65.0 Å². The number of benzene rings is 3. The zero-order valence-electron chi connectivity index (χ0n) is 18.7. The van der Waals surface area contributed by atoms with Gasteiger partial charge in [0.1, 0.15) is 0 Å². The Labute approximate surface area is 197 Å². The van der Waals surface area contributed by atoms with Crippen LogP contribution in [0.2, 0.25) is 0 Å². The van der Waals surface area contributed by atoms with Crippen molar-refractivity contribution >= 4 is 23.4 Å². The summed E-state index contributed by atoms with van der Waals surface area (Å²) in [5.74, 6) is -1.19. The monoisotopic (exact) mass is 459 g/mol. The van der Waals surface area contributed by atoms with Crippen LogP contribution in [0.1, 0.15) is 36.6 Å². The molecule has 8 nitrogen and oxygen atoms in total. The van der Waals surface area contributed by atoms with Crippen LogP contribution in [0.4, 0.5) is 5.69 Å². The Kier molecular flexibility index (Phi) is 7.01. The van der Waals surface area contributed by atoms with Gasteiger partial charge in [-0.3, -0.25) is 19.6 Å². The van der Waals surface area contributed by atoms with Crippen LogP contribution < -0.4 is 10.8 Å². The van der Waals surface area contributed by atoms with Crippen LogP contribution in [0, 0.1) is 6.92 Å². The number of nitrogens with one attached hydrogen (secondary N) is 2. The van der Waals surface area contributed by atoms with E-state index < -0.39 is 5.91 Å². The highest BCUT2D eigenvalue weighted by molar-refractivity contribution is 6.06. The van der Waals surface area contributed by atoms with E-state index in [0.717, 1.165) is 5.56 Å². The Balaban J connectivity index is 1.75. The number of morpholine rings is 1. The SMILES string of the molecule is Cc1ccc(C(=O)Nc2cc(C(=O)N3CCOCC3)cc(-c3ccccc3C(=O)NO)c2)cc1. The summed E-state index contributed by atoms with van der Waals surface area (Å²) in [5, 5.41) is 12.0. The van der Waals surface area contributed by atoms with E-state index in [2.05, 4.69) is 5.32 Å². The second-order valence-corrected chi connectivity index (χ2v) is 8.01. The second kappa shape index (κ2) is 10.3. The minimum atomic E-state index is -0.675. The molecule has 0 unspecified atom stereocenters. The van der Waals surface area contributed by atoms with Crippen LogP contribution >= 0.6 is 0 Å². The molecule has 1 aliphatic rings. The van der Waals surface area contributed by atoms with Gasteiger partial charge in [-0.15, -0.1) is 0 Å². The second-order valence-electron chi connectivity index (χ2n) is 8.01. The van der Waals surface area contributed by atoms with Gasteiger partial charge >= 0.3 is 0 Å². The van der Waals surface area contributed by atoms with Crippen molar-refractivity contribution in [2.75, 3.05) is 31.6 Å². The Morgan fingerprint density at radius 2 is 1.59 bits per heavy atom. The lowest BCUT2D eigenvalue weighted by atomic mass is 9.96. The number of aryl methyl sites for hydroxylation is 1. The van der Waals surface area contributed by atoms with Crippen LogP contribution in [0.15, 0.2) is 66.7 Å². The topological polar surface area (TPSA) is 108 Å². The molecule has 8 heteroatoms. The minimum absolute atomic E-state index is 0.194. The summed E-state index contributed by atoms with van der Waals surface area (Å²) in [5.41, 5.74) is 5.26. The molecule has 4 rings (SSSR count). The van der Waals surface area contributed by atoms with E-state index in [0.29, 0.717) is 54.2 Å². The number of ether oxygens (including phenoxy) is 1. The quantitative estimate of drug-likeness (QED) is 0.400. The van der Waals surface area contributed by atoms with Crippen molar-refractivity contribution in [2.45, 2.75) is 6.92 Å². The Bertz CT molecular complexity index is 1220. The molecule has 0 atom stereocenters. The Morgan fingerprint density at radius 1 is 0.882 bits per heavy atom. The number of rotatable bonds is 5. The number of hydrogen-bond donors (Lipinski definition) is 3. The van der Waals surface area contributed by atoms with E-state index in [1.165, 1.54) is 0 Å². The normalized spacial score (nSPS) is 13.3. The smallest absolute Gasteiger partial charge is 0.275 e. The molecule has 3 aromatic rings. The summed E-state index contributed by atoms with van der Waals surface area (Å²) in [6, 6.07) is 18.9. The van der Waals surface area contributed by atoms with Crippen molar-refractivity contribution in [1.82, 2.24) is 10.4 Å². The lowest BCUT2D eigenvalue weighted by molar-refractivity contribution is 0.0303. The third-order valence-electron chi connectivity index (χ3n) is 5.63. The molecule has 0 radical (unpaired) electrons. The minimum Gasteiger partial charge on any atom is -0.378 e. The Hall–Kier alpha value is -4.01. The van der Waals surface area contributed by atoms with Gasteiger partial charge in [0.05, 0.1) is 13.2 Å². The van der Waals surface area contributed by atoms with E-state index >= 15 is 0 Å². The van der Waals surface area contributed by atoms with Gasteiger partial charge < -0.3 is 15.0 Å². The summed E-state index contributed by atoms with van der Waals surface area (Å²) in [7, 11) is 0. The molecule has 174 valence electrons. The average Bonchev–Trinajstić information content (AvgIpc) is 2.88. The highest BCUT2D eigenvalue weighted by atomic mass is 16.5. The predicted octanol–water partition coefficient (Wildman–Crippen LogP) is 3.51. The molecule has 0 bridgehead atoms. The maximum atomic E-state index is 13.2. The van der Waals surface area contributed by atoms with Crippen molar-refractivity contribution in [3.05, 3.63) is 89.0 Å². The summed E-state index contributed by atoms with van der Waals surface area (Å²) in [4.78, 5) is 40.0. The number of carbonyl (C=O) groups excluding carboxylic acids is 3. The number of carbonyl (C=O) groups is 3. The number of hydrogen-bond acceptors (Lipinski definition) is 5. The summed E-state index contributed by atoms with van der Waals surface area (Å²) < 4.78 is 5.35. The van der Waals surface area contributed by atoms with Crippen LogP contribution in [-0.2, 0) is 4.74 Å². The highest BCUT2D eigenvalue weighted by Gasteiger charge is 2.21. The third-order valence-corrected chi connectivity index (χ3v) is 5.63. The predicted molar refractivity (Wildman–Crippen MR) is 127 cm³/mol. The van der Waals surface area contributed by atoms with E-state index in [-0.39, 0.29) is 17.4 Å². The number of anilines is 1. The molecule has 3 amide bonds. The molecule has 0 spiro atoms. The molecular formula is C26H25N3O5. The molecule has 1 heterocycles. The highest BCUT2D eigenvalue weighted by Crippen LogP contribution is 2.29. The maximum absolute atomic E-state index is 13.2. The summed E-state index contributed by atoms with van der Waals surface area (Å²) in [6.45, 7) is 3.80. The van der Waals surface area contributed by atoms with E-state index in [9.17, 15) is 14.4 Å². The Morgan fingerprint density at radius 3 is 2.29 bits per heavy atom. The van der Waals surface area contributed by atoms with E-state index in [1.807, 2.05) is 19.1 Å². The van der Waals surface area contributed by atoms with Crippen LogP contribution in [0.25, 0.3) is 11.1 Å². The zero-order chi connectivity index (χ0) is 24.1. The molecule has 34 heavy (non-hydrogen) atoms. The molecular weight excluding hydrogens is 434 g/mol. The zero-order valence-corrected chi connectivity index (χ0v) is 18.7. The molecule has 0 aliphatic carbocycles. The summed E-state index contributed by atoms with van der Waals surface area (Å²) in [6.07, 6.45) is 0. The molecule has 3 N–H and O–H groups in total. The van der Waals surface area contributed by atoms with Crippen molar-refractivity contribution in [3.8, 4) is 11.1 Å².